The molecule has 22 heavy (non-hydrogen) atoms. The topological polar surface area (TPSA) is 99.9 Å². The van der Waals surface area contributed by atoms with E-state index in [1.807, 2.05) is 6.07 Å². The summed E-state index contributed by atoms with van der Waals surface area (Å²) in [5.74, 6) is -0.971. The third-order valence-corrected chi connectivity index (χ3v) is 3.38. The van der Waals surface area contributed by atoms with Crippen LogP contribution >= 0.6 is 0 Å². The molecule has 118 valence electrons. The Bertz CT molecular complexity index is 619. The van der Waals surface area contributed by atoms with Crippen molar-refractivity contribution < 1.29 is 24.2 Å². The summed E-state index contributed by atoms with van der Waals surface area (Å²) >= 11 is 0. The lowest BCUT2D eigenvalue weighted by molar-refractivity contribution is -0.156. The number of carboxylic acids is 1. The summed E-state index contributed by atoms with van der Waals surface area (Å²) in [5, 5.41) is 17.9. The van der Waals surface area contributed by atoms with Gasteiger partial charge in [0.05, 0.1) is 18.7 Å². The standard InChI is InChI=1S/C15H18N2O5/c1-15(2,14(19)20)17(3)13(18)9-22-11-6-5-10(8-16)7-12(11)21-4/h5-7H,9H2,1-4H3,(H,19,20). The summed E-state index contributed by atoms with van der Waals surface area (Å²) in [5.41, 5.74) is -0.936. The van der Waals surface area contributed by atoms with Crippen LogP contribution in [0.2, 0.25) is 0 Å². The van der Waals surface area contributed by atoms with Crippen LogP contribution in [-0.4, -0.2) is 48.2 Å². The molecule has 0 atom stereocenters. The van der Waals surface area contributed by atoms with Gasteiger partial charge in [0.25, 0.3) is 5.91 Å². The van der Waals surface area contributed by atoms with Crippen LogP contribution in [0.1, 0.15) is 19.4 Å². The molecular formula is C15H18N2O5. The molecule has 1 aromatic rings. The highest BCUT2D eigenvalue weighted by Crippen LogP contribution is 2.28. The Morgan fingerprint density at radius 2 is 2.00 bits per heavy atom. The monoisotopic (exact) mass is 306 g/mol. The van der Waals surface area contributed by atoms with Crippen LogP contribution in [0.3, 0.4) is 0 Å². The van der Waals surface area contributed by atoms with Gasteiger partial charge in [0.15, 0.2) is 18.1 Å². The molecule has 0 aliphatic carbocycles. The first-order chi connectivity index (χ1) is 10.2. The molecule has 1 amide bonds. The molecule has 0 unspecified atom stereocenters. The second-order valence-corrected chi connectivity index (χ2v) is 5.08. The Hall–Kier alpha value is -2.75. The van der Waals surface area contributed by atoms with E-state index in [1.54, 1.807) is 0 Å². The molecule has 0 saturated heterocycles. The van der Waals surface area contributed by atoms with Crippen LogP contribution in [0.5, 0.6) is 11.5 Å². The van der Waals surface area contributed by atoms with Crippen molar-refractivity contribution in [3.63, 3.8) is 0 Å². The first kappa shape index (κ1) is 17.3. The minimum absolute atomic E-state index is 0.302. The van der Waals surface area contributed by atoms with Crippen LogP contribution in [0.25, 0.3) is 0 Å². The number of carboxylic acid groups (broad SMARTS) is 1. The van der Waals surface area contributed by atoms with E-state index in [-0.39, 0.29) is 6.61 Å². The number of nitrogens with zero attached hydrogens (tertiary/aromatic N) is 2. The number of methoxy groups -OCH3 is 1. The van der Waals surface area contributed by atoms with Crippen molar-refractivity contribution in [2.75, 3.05) is 20.8 Å². The van der Waals surface area contributed by atoms with Gasteiger partial charge >= 0.3 is 5.97 Å². The van der Waals surface area contributed by atoms with Gasteiger partial charge in [-0.25, -0.2) is 4.79 Å². The highest BCUT2D eigenvalue weighted by Gasteiger charge is 2.35. The molecule has 0 bridgehead atoms. The molecule has 7 nitrogen and oxygen atoms in total. The Morgan fingerprint density at radius 1 is 1.36 bits per heavy atom. The van der Waals surface area contributed by atoms with Crippen molar-refractivity contribution in [1.29, 1.82) is 5.26 Å². The predicted molar refractivity (Wildman–Crippen MR) is 77.7 cm³/mol. The lowest BCUT2D eigenvalue weighted by Crippen LogP contribution is -2.52. The number of likely N-dealkylation sites (N-methyl/N-ethyl adjacent to an activating group) is 1. The lowest BCUT2D eigenvalue weighted by atomic mass is 10.0. The number of aliphatic carboxylic acids is 1. The summed E-state index contributed by atoms with van der Waals surface area (Å²) in [7, 11) is 2.82. The Morgan fingerprint density at radius 3 is 2.50 bits per heavy atom. The van der Waals surface area contributed by atoms with Crippen LogP contribution in [0, 0.1) is 11.3 Å². The average Bonchev–Trinajstić information content (AvgIpc) is 2.51. The Kier molecular flexibility index (Phi) is 5.35. The Labute approximate surface area is 128 Å². The van der Waals surface area contributed by atoms with Crippen LogP contribution in [-0.2, 0) is 9.59 Å². The van der Waals surface area contributed by atoms with Crippen molar-refractivity contribution in [2.24, 2.45) is 0 Å². The maximum Gasteiger partial charge on any atom is 0.329 e. The average molecular weight is 306 g/mol. The molecule has 1 aromatic carbocycles. The van der Waals surface area contributed by atoms with E-state index in [4.69, 9.17) is 19.8 Å². The second-order valence-electron chi connectivity index (χ2n) is 5.08. The fraction of sp³-hybridized carbons (Fsp3) is 0.400. The zero-order chi connectivity index (χ0) is 16.9. The van der Waals surface area contributed by atoms with Gasteiger partial charge in [-0.2, -0.15) is 5.26 Å². The van der Waals surface area contributed by atoms with Gasteiger partial charge in [-0.15, -0.1) is 0 Å². The van der Waals surface area contributed by atoms with Crippen molar-refractivity contribution >= 4 is 11.9 Å². The van der Waals surface area contributed by atoms with Crippen molar-refractivity contribution in [3.8, 4) is 17.6 Å². The van der Waals surface area contributed by atoms with E-state index in [1.165, 1.54) is 46.2 Å². The second kappa shape index (κ2) is 6.80. The van der Waals surface area contributed by atoms with Crippen molar-refractivity contribution in [3.05, 3.63) is 23.8 Å². The minimum Gasteiger partial charge on any atom is -0.493 e. The molecule has 0 aliphatic rings. The number of hydrogen-bond acceptors (Lipinski definition) is 5. The largest absolute Gasteiger partial charge is 0.493 e. The third kappa shape index (κ3) is 3.67. The molecule has 0 heterocycles. The maximum absolute atomic E-state index is 12.0. The predicted octanol–water partition coefficient (Wildman–Crippen LogP) is 1.27. The summed E-state index contributed by atoms with van der Waals surface area (Å²) < 4.78 is 10.5. The van der Waals surface area contributed by atoms with Crippen molar-refractivity contribution in [2.45, 2.75) is 19.4 Å². The first-order valence-corrected chi connectivity index (χ1v) is 6.45. The third-order valence-electron chi connectivity index (χ3n) is 3.38. The number of rotatable bonds is 6. The zero-order valence-corrected chi connectivity index (χ0v) is 12.9. The van der Waals surface area contributed by atoms with Crippen LogP contribution in [0.15, 0.2) is 18.2 Å². The zero-order valence-electron chi connectivity index (χ0n) is 12.9. The number of carbonyl (C=O) groups is 2. The molecule has 0 aromatic heterocycles. The minimum atomic E-state index is -1.34. The highest BCUT2D eigenvalue weighted by molar-refractivity contribution is 5.86. The van der Waals surface area contributed by atoms with E-state index < -0.39 is 17.4 Å². The molecule has 0 aliphatic heterocycles. The fourth-order valence-corrected chi connectivity index (χ4v) is 1.55. The highest BCUT2D eigenvalue weighted by atomic mass is 16.5. The normalized spacial score (nSPS) is 10.5. The molecule has 7 heteroatoms. The summed E-state index contributed by atoms with van der Waals surface area (Å²) in [6.07, 6.45) is 0. The molecule has 1 N–H and O–H groups in total. The van der Waals surface area contributed by atoms with Gasteiger partial charge in [0.1, 0.15) is 5.54 Å². The summed E-state index contributed by atoms with van der Waals surface area (Å²) in [4.78, 5) is 24.3. The van der Waals surface area contributed by atoms with Crippen LogP contribution in [0.4, 0.5) is 0 Å². The quantitative estimate of drug-likeness (QED) is 0.849. The number of amides is 1. The van der Waals surface area contributed by atoms with Gasteiger partial charge in [0, 0.05) is 13.1 Å². The molecular weight excluding hydrogens is 288 g/mol. The van der Waals surface area contributed by atoms with E-state index in [2.05, 4.69) is 0 Å². The van der Waals surface area contributed by atoms with Crippen molar-refractivity contribution in [1.82, 2.24) is 4.90 Å². The summed E-state index contributed by atoms with van der Waals surface area (Å²) in [6, 6.07) is 6.51. The fourth-order valence-electron chi connectivity index (χ4n) is 1.55. The maximum atomic E-state index is 12.0. The van der Waals surface area contributed by atoms with E-state index >= 15 is 0 Å². The SMILES string of the molecule is COc1cc(C#N)ccc1OCC(=O)N(C)C(C)(C)C(=O)O. The smallest absolute Gasteiger partial charge is 0.329 e. The van der Waals surface area contributed by atoms with Gasteiger partial charge in [-0.05, 0) is 26.0 Å². The van der Waals surface area contributed by atoms with Gasteiger partial charge in [0.2, 0.25) is 0 Å². The van der Waals surface area contributed by atoms with E-state index in [0.29, 0.717) is 17.1 Å². The number of benzene rings is 1. The molecule has 1 rings (SSSR count). The van der Waals surface area contributed by atoms with E-state index in [0.717, 1.165) is 4.90 Å². The lowest BCUT2D eigenvalue weighted by Gasteiger charge is -2.31. The van der Waals surface area contributed by atoms with Gasteiger partial charge in [-0.3, -0.25) is 4.79 Å². The first-order valence-electron chi connectivity index (χ1n) is 6.45. The number of carbonyl (C=O) groups excluding carboxylic acids is 1. The molecule has 0 spiro atoms. The van der Waals surface area contributed by atoms with Gasteiger partial charge < -0.3 is 19.5 Å². The number of nitriles is 1. The number of ether oxygens (including phenoxy) is 2. The summed E-state index contributed by atoms with van der Waals surface area (Å²) in [6.45, 7) is 2.51. The van der Waals surface area contributed by atoms with Crippen LogP contribution < -0.4 is 9.47 Å². The molecule has 0 radical (unpaired) electrons. The Balaban J connectivity index is 2.81. The number of hydrogen-bond donors (Lipinski definition) is 1. The van der Waals surface area contributed by atoms with Gasteiger partial charge in [-0.1, -0.05) is 0 Å². The van der Waals surface area contributed by atoms with E-state index in [9.17, 15) is 9.59 Å². The molecule has 0 saturated carbocycles. The molecule has 0 fully saturated rings.